The summed E-state index contributed by atoms with van der Waals surface area (Å²) in [5.41, 5.74) is 2.42. The summed E-state index contributed by atoms with van der Waals surface area (Å²) in [6.45, 7) is 2.81. The van der Waals surface area contributed by atoms with Crippen LogP contribution in [0.15, 0.2) is 24.3 Å². The smallest absolute Gasteiger partial charge is 0.322 e. The van der Waals surface area contributed by atoms with E-state index in [0.29, 0.717) is 0 Å². The van der Waals surface area contributed by atoms with E-state index in [0.717, 1.165) is 18.1 Å². The van der Waals surface area contributed by atoms with Gasteiger partial charge in [0.05, 0.1) is 6.54 Å². The SMILES string of the molecule is Cc1ccc(C2CSCCN2CC(=O)NCC(=O)O)cc1. The summed E-state index contributed by atoms with van der Waals surface area (Å²) < 4.78 is 0. The number of rotatable bonds is 5. The Kier molecular flexibility index (Phi) is 5.64. The first-order valence-corrected chi connectivity index (χ1v) is 8.08. The summed E-state index contributed by atoms with van der Waals surface area (Å²) in [6, 6.07) is 8.58. The van der Waals surface area contributed by atoms with Gasteiger partial charge in [0.25, 0.3) is 0 Å². The van der Waals surface area contributed by atoms with Crippen molar-refractivity contribution >= 4 is 23.6 Å². The lowest BCUT2D eigenvalue weighted by Crippen LogP contribution is -2.44. The Morgan fingerprint density at radius 2 is 2.10 bits per heavy atom. The molecule has 1 fully saturated rings. The highest BCUT2D eigenvalue weighted by Gasteiger charge is 2.25. The molecule has 1 aromatic rings. The van der Waals surface area contributed by atoms with Crippen molar-refractivity contribution < 1.29 is 14.7 Å². The number of hydrogen-bond acceptors (Lipinski definition) is 4. The van der Waals surface area contributed by atoms with Gasteiger partial charge in [-0.15, -0.1) is 0 Å². The largest absolute Gasteiger partial charge is 0.480 e. The quantitative estimate of drug-likeness (QED) is 0.858. The van der Waals surface area contributed by atoms with Crippen LogP contribution in [0.3, 0.4) is 0 Å². The number of thioether (sulfide) groups is 1. The van der Waals surface area contributed by atoms with Gasteiger partial charge in [-0.3, -0.25) is 14.5 Å². The highest BCUT2D eigenvalue weighted by atomic mass is 32.2. The van der Waals surface area contributed by atoms with E-state index >= 15 is 0 Å². The van der Waals surface area contributed by atoms with Crippen LogP contribution in [0, 0.1) is 6.92 Å². The molecular weight excluding hydrogens is 288 g/mol. The van der Waals surface area contributed by atoms with Gasteiger partial charge < -0.3 is 10.4 Å². The molecule has 1 heterocycles. The van der Waals surface area contributed by atoms with E-state index < -0.39 is 5.97 Å². The van der Waals surface area contributed by atoms with Gasteiger partial charge in [-0.2, -0.15) is 11.8 Å². The van der Waals surface area contributed by atoms with E-state index in [-0.39, 0.29) is 25.0 Å². The molecule has 1 atom stereocenters. The Labute approximate surface area is 128 Å². The van der Waals surface area contributed by atoms with Crippen molar-refractivity contribution in [3.8, 4) is 0 Å². The van der Waals surface area contributed by atoms with Crippen molar-refractivity contribution in [1.29, 1.82) is 0 Å². The Morgan fingerprint density at radius 3 is 2.76 bits per heavy atom. The van der Waals surface area contributed by atoms with Crippen LogP contribution < -0.4 is 5.32 Å². The fourth-order valence-electron chi connectivity index (χ4n) is 2.34. The predicted molar refractivity (Wildman–Crippen MR) is 83.5 cm³/mol. The van der Waals surface area contributed by atoms with Crippen molar-refractivity contribution in [2.45, 2.75) is 13.0 Å². The summed E-state index contributed by atoms with van der Waals surface area (Å²) in [7, 11) is 0. The molecular formula is C15H20N2O3S. The van der Waals surface area contributed by atoms with Crippen LogP contribution in [0.5, 0.6) is 0 Å². The third kappa shape index (κ3) is 4.75. The fraction of sp³-hybridized carbons (Fsp3) is 0.467. The first-order valence-electron chi connectivity index (χ1n) is 6.93. The lowest BCUT2D eigenvalue weighted by atomic mass is 10.0. The minimum atomic E-state index is -1.02. The van der Waals surface area contributed by atoms with E-state index in [1.54, 1.807) is 0 Å². The van der Waals surface area contributed by atoms with Crippen molar-refractivity contribution in [1.82, 2.24) is 10.2 Å². The van der Waals surface area contributed by atoms with Crippen LogP contribution in [0.1, 0.15) is 17.2 Å². The van der Waals surface area contributed by atoms with Crippen molar-refractivity contribution in [2.24, 2.45) is 0 Å². The maximum atomic E-state index is 11.8. The minimum Gasteiger partial charge on any atom is -0.480 e. The van der Waals surface area contributed by atoms with Crippen LogP contribution in [0.4, 0.5) is 0 Å². The van der Waals surface area contributed by atoms with E-state index in [2.05, 4.69) is 41.4 Å². The normalized spacial score (nSPS) is 19.2. The molecule has 0 bridgehead atoms. The first-order chi connectivity index (χ1) is 10.1. The lowest BCUT2D eigenvalue weighted by molar-refractivity contribution is -0.138. The zero-order chi connectivity index (χ0) is 15.2. The van der Waals surface area contributed by atoms with E-state index in [4.69, 9.17) is 5.11 Å². The molecule has 1 unspecified atom stereocenters. The number of aliphatic carboxylic acids is 1. The number of carbonyl (C=O) groups is 2. The third-order valence-electron chi connectivity index (χ3n) is 3.48. The van der Waals surface area contributed by atoms with Crippen LogP contribution in [0.2, 0.25) is 0 Å². The highest BCUT2D eigenvalue weighted by Crippen LogP contribution is 2.29. The Hall–Kier alpha value is -1.53. The number of carboxylic acids is 1. The van der Waals surface area contributed by atoms with E-state index in [1.807, 2.05) is 11.8 Å². The van der Waals surface area contributed by atoms with Gasteiger partial charge >= 0.3 is 5.97 Å². The lowest BCUT2D eigenvalue weighted by Gasteiger charge is -2.35. The van der Waals surface area contributed by atoms with Gasteiger partial charge in [-0.05, 0) is 12.5 Å². The second-order valence-corrected chi connectivity index (χ2v) is 6.29. The van der Waals surface area contributed by atoms with E-state index in [9.17, 15) is 9.59 Å². The van der Waals surface area contributed by atoms with Crippen molar-refractivity contribution in [2.75, 3.05) is 31.1 Å². The summed E-state index contributed by atoms with van der Waals surface area (Å²) in [6.07, 6.45) is 0. The standard InChI is InChI=1S/C15H20N2O3S/c1-11-2-4-12(5-3-11)13-10-21-7-6-17(13)9-14(18)16-8-15(19)20/h2-5,13H,6-10H2,1H3,(H,16,18)(H,19,20). The molecule has 1 aliphatic rings. The zero-order valence-corrected chi connectivity index (χ0v) is 12.9. The molecule has 0 saturated carbocycles. The predicted octanol–water partition coefficient (Wildman–Crippen LogP) is 1.29. The molecule has 6 heteroatoms. The monoisotopic (exact) mass is 308 g/mol. The number of hydrogen-bond donors (Lipinski definition) is 2. The van der Waals surface area contributed by atoms with Crippen LogP contribution in [-0.4, -0.2) is 53.0 Å². The topological polar surface area (TPSA) is 69.6 Å². The summed E-state index contributed by atoms with van der Waals surface area (Å²) in [5, 5.41) is 11.0. The number of aryl methyl sites for hydroxylation is 1. The average Bonchev–Trinajstić information content (AvgIpc) is 2.47. The van der Waals surface area contributed by atoms with Gasteiger partial charge in [0.2, 0.25) is 5.91 Å². The van der Waals surface area contributed by atoms with Crippen LogP contribution >= 0.6 is 11.8 Å². The van der Waals surface area contributed by atoms with Gasteiger partial charge in [0, 0.05) is 24.1 Å². The van der Waals surface area contributed by atoms with Gasteiger partial charge in [0.1, 0.15) is 6.54 Å². The molecule has 0 spiro atoms. The number of carbonyl (C=O) groups excluding carboxylic acids is 1. The van der Waals surface area contributed by atoms with Gasteiger partial charge in [-0.1, -0.05) is 29.8 Å². The molecule has 1 aliphatic heterocycles. The molecule has 0 radical (unpaired) electrons. The number of nitrogens with zero attached hydrogens (tertiary/aromatic N) is 1. The number of nitrogens with one attached hydrogen (secondary N) is 1. The van der Waals surface area contributed by atoms with Crippen LogP contribution in [0.25, 0.3) is 0 Å². The minimum absolute atomic E-state index is 0.208. The molecule has 1 saturated heterocycles. The Morgan fingerprint density at radius 1 is 1.38 bits per heavy atom. The summed E-state index contributed by atoms with van der Waals surface area (Å²) >= 11 is 1.88. The van der Waals surface area contributed by atoms with Gasteiger partial charge in [-0.25, -0.2) is 0 Å². The molecule has 1 amide bonds. The Balaban J connectivity index is 2.00. The first kappa shape index (κ1) is 15.9. The van der Waals surface area contributed by atoms with E-state index in [1.165, 1.54) is 11.1 Å². The molecule has 21 heavy (non-hydrogen) atoms. The van der Waals surface area contributed by atoms with Crippen molar-refractivity contribution in [3.05, 3.63) is 35.4 Å². The third-order valence-corrected chi connectivity index (χ3v) is 4.51. The second-order valence-electron chi connectivity index (χ2n) is 5.14. The molecule has 0 aliphatic carbocycles. The second kappa shape index (κ2) is 7.47. The zero-order valence-electron chi connectivity index (χ0n) is 12.0. The average molecular weight is 308 g/mol. The molecule has 2 rings (SSSR count). The maximum absolute atomic E-state index is 11.8. The molecule has 114 valence electrons. The Bertz CT molecular complexity index is 504. The molecule has 2 N–H and O–H groups in total. The van der Waals surface area contributed by atoms with Gasteiger partial charge in [0.15, 0.2) is 0 Å². The fourth-order valence-corrected chi connectivity index (χ4v) is 3.49. The summed E-state index contributed by atoms with van der Waals surface area (Å²) in [5.74, 6) is 0.693. The number of carboxylic acid groups (broad SMARTS) is 1. The number of benzene rings is 1. The van der Waals surface area contributed by atoms with Crippen LogP contribution in [-0.2, 0) is 9.59 Å². The molecule has 1 aromatic carbocycles. The highest BCUT2D eigenvalue weighted by molar-refractivity contribution is 7.99. The molecule has 0 aromatic heterocycles. The maximum Gasteiger partial charge on any atom is 0.322 e. The van der Waals surface area contributed by atoms with Crippen molar-refractivity contribution in [3.63, 3.8) is 0 Å². The molecule has 5 nitrogen and oxygen atoms in total. The number of amides is 1. The summed E-state index contributed by atoms with van der Waals surface area (Å²) in [4.78, 5) is 24.4.